The summed E-state index contributed by atoms with van der Waals surface area (Å²) in [6, 6.07) is 12.1. The first-order valence-electron chi connectivity index (χ1n) is 12.6. The second kappa shape index (κ2) is 11.2. The van der Waals surface area contributed by atoms with E-state index in [0.29, 0.717) is 24.2 Å². The van der Waals surface area contributed by atoms with Crippen LogP contribution in [0.3, 0.4) is 0 Å². The molecule has 3 aromatic rings. The van der Waals surface area contributed by atoms with E-state index in [4.69, 9.17) is 9.97 Å². The molecule has 39 heavy (non-hydrogen) atoms. The van der Waals surface area contributed by atoms with Gasteiger partial charge < -0.3 is 20.2 Å². The number of aromatic nitrogens is 4. The van der Waals surface area contributed by atoms with Gasteiger partial charge in [0.25, 0.3) is 0 Å². The standard InChI is InChI=1S/C30H30N4O4.Au/c1-15-9-20-12-25-17(3)21(5-7-29(35)36)27(33-25)14-28-22(6-8-30(37)38)18(4)26(34-28)13-24-16(2)10-19(32-24)11-23(15)31-20;/h9-14,31-32H,5-8H2,1-4H3,(H,35,36)(H,37,38);. The van der Waals surface area contributed by atoms with Crippen molar-refractivity contribution < 1.29 is 42.2 Å². The molecular formula is C30H30AuN4O4. The van der Waals surface area contributed by atoms with Crippen LogP contribution in [0.4, 0.5) is 0 Å². The molecule has 8 bridgehead atoms. The predicted molar refractivity (Wildman–Crippen MR) is 149 cm³/mol. The number of aromatic amines is 2. The molecule has 0 spiro atoms. The van der Waals surface area contributed by atoms with Crippen LogP contribution < -0.4 is 0 Å². The number of nitrogens with one attached hydrogen (secondary N) is 2. The smallest absolute Gasteiger partial charge is 0.303 e. The molecule has 4 N–H and O–H groups in total. The fourth-order valence-electron chi connectivity index (χ4n) is 5.10. The van der Waals surface area contributed by atoms with Gasteiger partial charge >= 0.3 is 11.9 Å². The Balaban J connectivity index is 0.00000353. The van der Waals surface area contributed by atoms with Crippen LogP contribution in [0, 0.1) is 13.8 Å². The molecule has 0 unspecified atom stereocenters. The summed E-state index contributed by atoms with van der Waals surface area (Å²) in [5, 5.41) is 18.7. The summed E-state index contributed by atoms with van der Waals surface area (Å²) in [5.41, 5.74) is 12.4. The van der Waals surface area contributed by atoms with Crippen molar-refractivity contribution >= 4 is 56.3 Å². The SMILES string of the molecule is CC1=C(CCC(=O)O)c2cc3nc(cc4[nH]c(cc4C)cc4[nH]c(cc1n2)cc4C)C(C)=C3CCC(=O)O.[Au]. The molecule has 5 rings (SSSR count). The molecule has 9 heteroatoms. The first-order valence-corrected chi connectivity index (χ1v) is 12.6. The molecular weight excluding hydrogens is 677 g/mol. The Morgan fingerprint density at radius 1 is 0.641 bits per heavy atom. The summed E-state index contributed by atoms with van der Waals surface area (Å²) < 4.78 is 0. The van der Waals surface area contributed by atoms with E-state index in [9.17, 15) is 19.8 Å². The molecule has 3 aromatic heterocycles. The summed E-state index contributed by atoms with van der Waals surface area (Å²) >= 11 is 0. The first-order chi connectivity index (χ1) is 18.1. The van der Waals surface area contributed by atoms with E-state index in [0.717, 1.165) is 66.9 Å². The molecule has 8 nitrogen and oxygen atoms in total. The van der Waals surface area contributed by atoms with E-state index in [-0.39, 0.29) is 35.2 Å². The predicted octanol–water partition coefficient (Wildman–Crippen LogP) is 6.52. The number of hydrogen-bond donors (Lipinski definition) is 4. The zero-order chi connectivity index (χ0) is 27.1. The number of carboxylic acids is 2. The Bertz CT molecular complexity index is 1730. The van der Waals surface area contributed by atoms with Crippen LogP contribution >= 0.6 is 0 Å². The Hall–Kier alpha value is -3.72. The summed E-state index contributed by atoms with van der Waals surface area (Å²) in [7, 11) is 0. The fourth-order valence-corrected chi connectivity index (χ4v) is 5.10. The Morgan fingerprint density at radius 2 is 1.08 bits per heavy atom. The Kier molecular flexibility index (Phi) is 8.11. The van der Waals surface area contributed by atoms with E-state index in [1.807, 2.05) is 39.0 Å². The zero-order valence-corrected chi connectivity index (χ0v) is 24.4. The van der Waals surface area contributed by atoms with Gasteiger partial charge in [0.2, 0.25) is 0 Å². The molecule has 1 radical (unpaired) electrons. The topological polar surface area (TPSA) is 132 Å². The molecule has 205 valence electrons. The van der Waals surface area contributed by atoms with Gasteiger partial charge in [-0.2, -0.15) is 0 Å². The van der Waals surface area contributed by atoms with E-state index < -0.39 is 11.9 Å². The Morgan fingerprint density at radius 3 is 1.56 bits per heavy atom. The number of aryl methyl sites for hydroxylation is 2. The van der Waals surface area contributed by atoms with Crippen LogP contribution in [-0.4, -0.2) is 42.1 Å². The van der Waals surface area contributed by atoms with Crippen LogP contribution in [0.1, 0.15) is 73.4 Å². The molecule has 2 aliphatic heterocycles. The minimum Gasteiger partial charge on any atom is -0.481 e. The molecule has 2 aliphatic rings. The number of allylic oxidation sites excluding steroid dienone is 4. The average Bonchev–Trinajstić information content (AvgIpc) is 3.53. The van der Waals surface area contributed by atoms with Crippen LogP contribution in [0.2, 0.25) is 0 Å². The zero-order valence-electron chi connectivity index (χ0n) is 22.2. The second-order valence-electron chi connectivity index (χ2n) is 9.98. The third-order valence-electron chi connectivity index (χ3n) is 7.25. The van der Waals surface area contributed by atoms with E-state index >= 15 is 0 Å². The number of carbonyl (C=O) groups is 2. The van der Waals surface area contributed by atoms with Crippen LogP contribution in [0.15, 0.2) is 36.4 Å². The van der Waals surface area contributed by atoms with Gasteiger partial charge in [-0.15, -0.1) is 0 Å². The Labute approximate surface area is 241 Å². The summed E-state index contributed by atoms with van der Waals surface area (Å²) in [6.45, 7) is 8.01. The van der Waals surface area contributed by atoms with Crippen molar-refractivity contribution in [1.82, 2.24) is 19.9 Å². The summed E-state index contributed by atoms with van der Waals surface area (Å²) in [5.74, 6) is -1.75. The van der Waals surface area contributed by atoms with Gasteiger partial charge in [0, 0.05) is 57.3 Å². The normalized spacial score (nSPS) is 13.0. The minimum atomic E-state index is -0.873. The van der Waals surface area contributed by atoms with Crippen molar-refractivity contribution in [3.63, 3.8) is 0 Å². The van der Waals surface area contributed by atoms with Gasteiger partial charge in [0.1, 0.15) is 0 Å². The summed E-state index contributed by atoms with van der Waals surface area (Å²) in [6.07, 6.45) is 0.647. The van der Waals surface area contributed by atoms with E-state index in [1.54, 1.807) is 0 Å². The maximum absolute atomic E-state index is 11.4. The number of carboxylic acid groups (broad SMARTS) is 2. The number of H-pyrrole nitrogens is 2. The number of fused-ring (bicyclic) bond motifs is 8. The third-order valence-corrected chi connectivity index (χ3v) is 7.25. The maximum Gasteiger partial charge on any atom is 0.303 e. The molecule has 0 saturated carbocycles. The minimum absolute atomic E-state index is 0. The number of rotatable bonds is 6. The van der Waals surface area contributed by atoms with Crippen LogP contribution in [0.5, 0.6) is 0 Å². The largest absolute Gasteiger partial charge is 0.481 e. The maximum atomic E-state index is 11.4. The molecule has 0 atom stereocenters. The van der Waals surface area contributed by atoms with Crippen molar-refractivity contribution in [2.75, 3.05) is 0 Å². The van der Waals surface area contributed by atoms with E-state index in [2.05, 4.69) is 35.1 Å². The van der Waals surface area contributed by atoms with Gasteiger partial charge in [-0.25, -0.2) is 9.97 Å². The number of hydrogen-bond acceptors (Lipinski definition) is 4. The van der Waals surface area contributed by atoms with Crippen molar-refractivity contribution in [1.29, 1.82) is 0 Å². The van der Waals surface area contributed by atoms with Gasteiger partial charge in [-0.1, -0.05) is 0 Å². The molecule has 0 aliphatic carbocycles. The van der Waals surface area contributed by atoms with Crippen LogP contribution in [0.25, 0.3) is 44.4 Å². The number of nitrogens with zero attached hydrogens (tertiary/aromatic N) is 2. The summed E-state index contributed by atoms with van der Waals surface area (Å²) in [4.78, 5) is 39.6. The van der Waals surface area contributed by atoms with E-state index in [1.165, 1.54) is 0 Å². The van der Waals surface area contributed by atoms with Crippen molar-refractivity contribution in [2.45, 2.75) is 53.4 Å². The average molecular weight is 708 g/mol. The molecule has 0 saturated heterocycles. The van der Waals surface area contributed by atoms with Crippen molar-refractivity contribution in [3.8, 4) is 0 Å². The van der Waals surface area contributed by atoms with Gasteiger partial charge in [0.05, 0.1) is 22.8 Å². The molecule has 5 heterocycles. The third kappa shape index (κ3) is 5.83. The first kappa shape index (κ1) is 28.3. The van der Waals surface area contributed by atoms with Crippen molar-refractivity contribution in [2.24, 2.45) is 0 Å². The van der Waals surface area contributed by atoms with Gasteiger partial charge in [0.15, 0.2) is 0 Å². The van der Waals surface area contributed by atoms with Gasteiger partial charge in [-0.3, -0.25) is 9.59 Å². The quantitative estimate of drug-likeness (QED) is 0.216. The number of aliphatic carboxylic acids is 2. The van der Waals surface area contributed by atoms with Crippen molar-refractivity contribution in [3.05, 3.63) is 70.3 Å². The monoisotopic (exact) mass is 707 g/mol. The fraction of sp³-hybridized carbons (Fsp3) is 0.267. The molecule has 0 amide bonds. The molecule has 0 aromatic carbocycles. The van der Waals surface area contributed by atoms with Crippen LogP contribution in [-0.2, 0) is 32.0 Å². The second-order valence-corrected chi connectivity index (χ2v) is 9.98. The molecule has 0 fully saturated rings. The van der Waals surface area contributed by atoms with Gasteiger partial charge in [-0.05, 0) is 110 Å².